The predicted molar refractivity (Wildman–Crippen MR) is 94.9 cm³/mol. The number of likely N-dealkylation sites (tertiary alicyclic amines) is 1. The minimum atomic E-state index is -0.278. The lowest BCUT2D eigenvalue weighted by Crippen LogP contribution is -2.44. The van der Waals surface area contributed by atoms with E-state index in [9.17, 15) is 9.59 Å². The Morgan fingerprint density at radius 2 is 2.00 bits per heavy atom. The highest BCUT2D eigenvalue weighted by atomic mass is 32.1. The van der Waals surface area contributed by atoms with Gasteiger partial charge in [-0.15, -0.1) is 11.3 Å². The number of carbonyl (C=O) groups excluding carboxylic acids is 2. The predicted octanol–water partition coefficient (Wildman–Crippen LogP) is 3.31. The minimum absolute atomic E-state index is 0.0747. The van der Waals surface area contributed by atoms with E-state index >= 15 is 0 Å². The van der Waals surface area contributed by atoms with Crippen LogP contribution in [0.1, 0.15) is 35.7 Å². The molecule has 1 fully saturated rings. The van der Waals surface area contributed by atoms with E-state index in [2.05, 4.69) is 10.3 Å². The SMILES string of the molecule is Cc1ccc(C2C(C(=O)Nc3nc(C)cs3)CCC(=O)N2C)cc1. The first-order chi connectivity index (χ1) is 11.5. The molecule has 126 valence electrons. The van der Waals surface area contributed by atoms with Gasteiger partial charge in [0.25, 0.3) is 0 Å². The average molecular weight is 343 g/mol. The number of hydrogen-bond acceptors (Lipinski definition) is 4. The second-order valence-electron chi connectivity index (χ2n) is 6.29. The summed E-state index contributed by atoms with van der Waals surface area (Å²) < 4.78 is 0. The summed E-state index contributed by atoms with van der Waals surface area (Å²) in [4.78, 5) is 31.0. The van der Waals surface area contributed by atoms with E-state index in [1.165, 1.54) is 11.3 Å². The van der Waals surface area contributed by atoms with Gasteiger partial charge in [-0.1, -0.05) is 29.8 Å². The summed E-state index contributed by atoms with van der Waals surface area (Å²) in [5, 5.41) is 5.43. The molecule has 2 heterocycles. The summed E-state index contributed by atoms with van der Waals surface area (Å²) in [6, 6.07) is 7.79. The van der Waals surface area contributed by atoms with Crippen LogP contribution in [0, 0.1) is 19.8 Å². The zero-order valence-corrected chi connectivity index (χ0v) is 14.9. The fourth-order valence-corrected chi connectivity index (χ4v) is 3.83. The van der Waals surface area contributed by atoms with Crippen molar-refractivity contribution in [3.05, 3.63) is 46.5 Å². The zero-order valence-electron chi connectivity index (χ0n) is 14.1. The molecule has 2 unspecified atom stereocenters. The maximum atomic E-state index is 12.8. The molecule has 24 heavy (non-hydrogen) atoms. The van der Waals surface area contributed by atoms with E-state index in [0.29, 0.717) is 18.0 Å². The lowest BCUT2D eigenvalue weighted by molar-refractivity contribution is -0.140. The number of anilines is 1. The largest absolute Gasteiger partial charge is 0.338 e. The van der Waals surface area contributed by atoms with Crippen molar-refractivity contribution in [2.24, 2.45) is 5.92 Å². The van der Waals surface area contributed by atoms with Gasteiger partial charge in [-0.2, -0.15) is 0 Å². The molecule has 1 saturated heterocycles. The second kappa shape index (κ2) is 6.73. The highest BCUT2D eigenvalue weighted by Crippen LogP contribution is 2.36. The molecule has 0 saturated carbocycles. The number of amides is 2. The van der Waals surface area contributed by atoms with Crippen molar-refractivity contribution in [2.45, 2.75) is 32.7 Å². The summed E-state index contributed by atoms with van der Waals surface area (Å²) in [6.45, 7) is 3.92. The summed E-state index contributed by atoms with van der Waals surface area (Å²) in [5.74, 6) is -0.274. The normalized spacial score (nSPS) is 21.0. The van der Waals surface area contributed by atoms with E-state index in [1.54, 1.807) is 11.9 Å². The molecule has 3 rings (SSSR count). The number of piperidine rings is 1. The maximum absolute atomic E-state index is 12.8. The first kappa shape index (κ1) is 16.6. The topological polar surface area (TPSA) is 62.3 Å². The lowest BCUT2D eigenvalue weighted by atomic mass is 9.84. The van der Waals surface area contributed by atoms with Crippen LogP contribution in [0.5, 0.6) is 0 Å². The van der Waals surface area contributed by atoms with E-state index in [-0.39, 0.29) is 23.8 Å². The average Bonchev–Trinajstić information content (AvgIpc) is 2.96. The van der Waals surface area contributed by atoms with Crippen LogP contribution in [0.3, 0.4) is 0 Å². The molecule has 1 aromatic heterocycles. The van der Waals surface area contributed by atoms with Crippen molar-refractivity contribution in [1.29, 1.82) is 0 Å². The van der Waals surface area contributed by atoms with Gasteiger partial charge < -0.3 is 10.2 Å². The molecule has 2 atom stereocenters. The van der Waals surface area contributed by atoms with Gasteiger partial charge in [0, 0.05) is 18.8 Å². The Balaban J connectivity index is 1.86. The maximum Gasteiger partial charge on any atom is 0.231 e. The molecule has 0 bridgehead atoms. The number of nitrogens with one attached hydrogen (secondary N) is 1. The fraction of sp³-hybridized carbons (Fsp3) is 0.389. The number of rotatable bonds is 3. The van der Waals surface area contributed by atoms with Gasteiger partial charge in [-0.25, -0.2) is 4.98 Å². The molecule has 0 radical (unpaired) electrons. The molecule has 1 aliphatic heterocycles. The van der Waals surface area contributed by atoms with E-state index in [0.717, 1.165) is 16.8 Å². The zero-order chi connectivity index (χ0) is 17.3. The molecular formula is C18H21N3O2S. The van der Waals surface area contributed by atoms with Gasteiger partial charge in [0.1, 0.15) is 0 Å². The molecular weight excluding hydrogens is 322 g/mol. The first-order valence-corrected chi connectivity index (χ1v) is 8.89. The highest BCUT2D eigenvalue weighted by molar-refractivity contribution is 7.13. The van der Waals surface area contributed by atoms with Crippen molar-refractivity contribution in [3.8, 4) is 0 Å². The van der Waals surface area contributed by atoms with Gasteiger partial charge in [-0.3, -0.25) is 9.59 Å². The highest BCUT2D eigenvalue weighted by Gasteiger charge is 2.39. The van der Waals surface area contributed by atoms with Crippen LogP contribution < -0.4 is 5.32 Å². The summed E-state index contributed by atoms with van der Waals surface area (Å²) >= 11 is 1.42. The van der Waals surface area contributed by atoms with Crippen LogP contribution in [0.25, 0.3) is 0 Å². The van der Waals surface area contributed by atoms with Crippen molar-refractivity contribution in [1.82, 2.24) is 9.88 Å². The van der Waals surface area contributed by atoms with Gasteiger partial charge in [0.2, 0.25) is 11.8 Å². The molecule has 6 heteroatoms. The van der Waals surface area contributed by atoms with Gasteiger partial charge in [0.05, 0.1) is 17.7 Å². The van der Waals surface area contributed by atoms with Crippen LogP contribution in [0.2, 0.25) is 0 Å². The first-order valence-electron chi connectivity index (χ1n) is 8.01. The number of hydrogen-bond donors (Lipinski definition) is 1. The Bertz CT molecular complexity index is 754. The minimum Gasteiger partial charge on any atom is -0.338 e. The fourth-order valence-electron chi connectivity index (χ4n) is 3.14. The summed E-state index contributed by atoms with van der Waals surface area (Å²) in [6.07, 6.45) is 0.950. The monoisotopic (exact) mass is 343 g/mol. The Hall–Kier alpha value is -2.21. The summed E-state index contributed by atoms with van der Waals surface area (Å²) in [5.41, 5.74) is 3.04. The Morgan fingerprint density at radius 1 is 1.29 bits per heavy atom. The van der Waals surface area contributed by atoms with Crippen LogP contribution in [-0.4, -0.2) is 28.7 Å². The number of thiazole rings is 1. The number of aryl methyl sites for hydroxylation is 2. The van der Waals surface area contributed by atoms with Crippen LogP contribution in [0.4, 0.5) is 5.13 Å². The number of aromatic nitrogens is 1. The quantitative estimate of drug-likeness (QED) is 0.930. The molecule has 1 aromatic carbocycles. The van der Waals surface area contributed by atoms with Crippen LogP contribution in [-0.2, 0) is 9.59 Å². The van der Waals surface area contributed by atoms with Crippen molar-refractivity contribution in [3.63, 3.8) is 0 Å². The Morgan fingerprint density at radius 3 is 2.62 bits per heavy atom. The van der Waals surface area contributed by atoms with Crippen molar-refractivity contribution < 1.29 is 9.59 Å². The third-order valence-electron chi connectivity index (χ3n) is 4.47. The van der Waals surface area contributed by atoms with Crippen molar-refractivity contribution >= 4 is 28.3 Å². The van der Waals surface area contributed by atoms with Gasteiger partial charge in [0.15, 0.2) is 5.13 Å². The third-order valence-corrected chi connectivity index (χ3v) is 5.34. The standard InChI is InChI=1S/C18H21N3O2S/c1-11-4-6-13(7-5-11)16-14(8-9-15(22)21(16)3)17(23)20-18-19-12(2)10-24-18/h4-7,10,14,16H,8-9H2,1-3H3,(H,19,20,23). The van der Waals surface area contributed by atoms with E-state index in [1.807, 2.05) is 43.5 Å². The van der Waals surface area contributed by atoms with E-state index < -0.39 is 0 Å². The third kappa shape index (κ3) is 3.33. The van der Waals surface area contributed by atoms with E-state index in [4.69, 9.17) is 0 Å². The smallest absolute Gasteiger partial charge is 0.231 e. The van der Waals surface area contributed by atoms with Crippen molar-refractivity contribution in [2.75, 3.05) is 12.4 Å². The molecule has 5 nitrogen and oxygen atoms in total. The van der Waals surface area contributed by atoms with Crippen LogP contribution in [0.15, 0.2) is 29.6 Å². The molecule has 2 aromatic rings. The summed E-state index contributed by atoms with van der Waals surface area (Å²) in [7, 11) is 1.78. The Labute approximate surface area is 145 Å². The lowest BCUT2D eigenvalue weighted by Gasteiger charge is -2.38. The van der Waals surface area contributed by atoms with Crippen LogP contribution >= 0.6 is 11.3 Å². The van der Waals surface area contributed by atoms with Gasteiger partial charge >= 0.3 is 0 Å². The molecule has 2 amide bonds. The second-order valence-corrected chi connectivity index (χ2v) is 7.15. The molecule has 1 aliphatic rings. The van der Waals surface area contributed by atoms with Gasteiger partial charge in [-0.05, 0) is 25.8 Å². The number of benzene rings is 1. The number of nitrogens with zero attached hydrogens (tertiary/aromatic N) is 2. The molecule has 1 N–H and O–H groups in total. The Kier molecular flexibility index (Phi) is 4.66. The molecule has 0 spiro atoms. The molecule has 0 aliphatic carbocycles. The number of carbonyl (C=O) groups is 2.